The summed E-state index contributed by atoms with van der Waals surface area (Å²) in [6.07, 6.45) is -5.33. The summed E-state index contributed by atoms with van der Waals surface area (Å²) >= 11 is 0. The number of nitro groups is 1. The van der Waals surface area contributed by atoms with Gasteiger partial charge in [0.05, 0.1) is 10.8 Å². The summed E-state index contributed by atoms with van der Waals surface area (Å²) in [5.41, 5.74) is -5.06. The second-order valence-electron chi connectivity index (χ2n) is 5.59. The first-order valence-corrected chi connectivity index (χ1v) is 7.06. The van der Waals surface area contributed by atoms with Crippen LogP contribution in [0.15, 0.2) is 36.5 Å². The number of nitrogens with zero attached hydrogens (tertiary/aromatic N) is 1. The van der Waals surface area contributed by atoms with Crippen LogP contribution in [0.2, 0.25) is 0 Å². The molecular weight excluding hydrogens is 359 g/mol. The molecule has 0 unspecified atom stereocenters. The zero-order chi connectivity index (χ0) is 19.9. The number of nitrogens with one attached hydrogen (secondary N) is 2. The zero-order valence-corrected chi connectivity index (χ0v) is 13.2. The Hall–Kier alpha value is -3.24. The van der Waals surface area contributed by atoms with E-state index in [2.05, 4.69) is 6.58 Å². The molecule has 0 radical (unpaired) electrons. The number of carbonyl (C=O) groups excluding carboxylic acids is 3. The number of Topliss-reactive ketones (excluding diaryl/α,β-unsaturated/α-hetero) is 1. The summed E-state index contributed by atoms with van der Waals surface area (Å²) < 4.78 is 41.3. The van der Waals surface area contributed by atoms with E-state index in [1.807, 2.05) is 5.32 Å². The normalized spacial score (nSPS) is 22.7. The molecular formula is C15H12F3N3O5. The molecule has 8 nitrogen and oxygen atoms in total. The average Bonchev–Trinajstić information content (AvgIpc) is 2.78. The van der Waals surface area contributed by atoms with E-state index >= 15 is 0 Å². The van der Waals surface area contributed by atoms with Gasteiger partial charge in [-0.1, -0.05) is 12.6 Å². The number of non-ortho nitro benzene ring substituents is 1. The van der Waals surface area contributed by atoms with Gasteiger partial charge < -0.3 is 10.6 Å². The zero-order valence-electron chi connectivity index (χ0n) is 13.2. The number of benzene rings is 1. The minimum atomic E-state index is -5.33. The summed E-state index contributed by atoms with van der Waals surface area (Å²) in [5.74, 6) is -6.17. The molecule has 138 valence electrons. The second-order valence-corrected chi connectivity index (χ2v) is 5.59. The van der Waals surface area contributed by atoms with Gasteiger partial charge in [0.25, 0.3) is 17.5 Å². The summed E-state index contributed by atoms with van der Waals surface area (Å²) in [6.45, 7) is 4.07. The molecule has 1 aliphatic rings. The van der Waals surface area contributed by atoms with Crippen molar-refractivity contribution < 1.29 is 32.5 Å². The van der Waals surface area contributed by atoms with Crippen molar-refractivity contribution in [2.75, 3.05) is 0 Å². The van der Waals surface area contributed by atoms with Gasteiger partial charge in [0.1, 0.15) is 5.78 Å². The van der Waals surface area contributed by atoms with Crippen LogP contribution in [0.5, 0.6) is 0 Å². The minimum Gasteiger partial charge on any atom is -0.329 e. The lowest BCUT2D eigenvalue weighted by Gasteiger charge is -2.33. The third kappa shape index (κ3) is 2.91. The fourth-order valence-corrected chi connectivity index (χ4v) is 2.76. The van der Waals surface area contributed by atoms with Gasteiger partial charge >= 0.3 is 6.18 Å². The average molecular weight is 371 g/mol. The van der Waals surface area contributed by atoms with Gasteiger partial charge in [-0.15, -0.1) is 0 Å². The van der Waals surface area contributed by atoms with Gasteiger partial charge in [-0.25, -0.2) is 0 Å². The first-order valence-electron chi connectivity index (χ1n) is 7.06. The number of rotatable bonds is 4. The minimum absolute atomic E-state index is 0.476. The molecule has 2 atom stereocenters. The topological polar surface area (TPSA) is 118 Å². The third-order valence-electron chi connectivity index (χ3n) is 3.90. The summed E-state index contributed by atoms with van der Waals surface area (Å²) in [4.78, 5) is 46.0. The third-order valence-corrected chi connectivity index (χ3v) is 3.90. The molecule has 0 saturated carbocycles. The van der Waals surface area contributed by atoms with E-state index in [0.29, 0.717) is 0 Å². The molecule has 1 aromatic rings. The van der Waals surface area contributed by atoms with Crippen LogP contribution < -0.4 is 10.6 Å². The number of amides is 2. The Kier molecular flexibility index (Phi) is 4.58. The molecule has 0 bridgehead atoms. The summed E-state index contributed by atoms with van der Waals surface area (Å²) in [6, 6.07) is 3.93. The van der Waals surface area contributed by atoms with E-state index in [4.69, 9.17) is 0 Å². The predicted octanol–water partition coefficient (Wildman–Crippen LogP) is 1.47. The highest BCUT2D eigenvalue weighted by atomic mass is 19.4. The fourth-order valence-electron chi connectivity index (χ4n) is 2.76. The van der Waals surface area contributed by atoms with Gasteiger partial charge in [-0.2, -0.15) is 13.2 Å². The quantitative estimate of drug-likeness (QED) is 0.614. The highest BCUT2D eigenvalue weighted by Crippen LogP contribution is 2.43. The molecule has 1 aliphatic heterocycles. The van der Waals surface area contributed by atoms with Gasteiger partial charge in [-0.3, -0.25) is 24.5 Å². The van der Waals surface area contributed by atoms with Crippen LogP contribution in [0.4, 0.5) is 18.9 Å². The Morgan fingerprint density at radius 2 is 2.00 bits per heavy atom. The highest BCUT2D eigenvalue weighted by Gasteiger charge is 2.71. The number of hydrogen-bond donors (Lipinski definition) is 2. The number of hydrogen-bond acceptors (Lipinski definition) is 5. The number of alkyl halides is 3. The fraction of sp³-hybridized carbons (Fsp3) is 0.267. The van der Waals surface area contributed by atoms with Crippen molar-refractivity contribution in [3.05, 3.63) is 52.2 Å². The Labute approximate surface area is 144 Å². The first kappa shape index (κ1) is 19.1. The Balaban J connectivity index is 2.53. The molecule has 11 heteroatoms. The van der Waals surface area contributed by atoms with E-state index in [-0.39, 0.29) is 0 Å². The van der Waals surface area contributed by atoms with Gasteiger partial charge in [0, 0.05) is 23.4 Å². The Morgan fingerprint density at radius 3 is 2.50 bits per heavy atom. The molecule has 1 saturated heterocycles. The van der Waals surface area contributed by atoms with Crippen molar-refractivity contribution in [2.24, 2.45) is 5.92 Å². The number of ketones is 1. The SMILES string of the molecule is C=C1NC(=O)[C@](NC(=O)c2cccc([N+](=O)[O-])c2)(C(F)(F)F)[C@H]1C(C)=O. The van der Waals surface area contributed by atoms with Crippen molar-refractivity contribution in [1.29, 1.82) is 0 Å². The highest BCUT2D eigenvalue weighted by molar-refractivity contribution is 6.06. The van der Waals surface area contributed by atoms with Crippen LogP contribution in [0.1, 0.15) is 17.3 Å². The molecule has 0 spiro atoms. The number of carbonyl (C=O) groups is 3. The molecule has 1 fully saturated rings. The molecule has 1 heterocycles. The Bertz CT molecular complexity index is 836. The van der Waals surface area contributed by atoms with E-state index in [1.54, 1.807) is 5.32 Å². The van der Waals surface area contributed by atoms with Crippen LogP contribution >= 0.6 is 0 Å². The van der Waals surface area contributed by atoms with Crippen LogP contribution in [0, 0.1) is 16.0 Å². The lowest BCUT2D eigenvalue weighted by atomic mass is 9.81. The van der Waals surface area contributed by atoms with Gasteiger partial charge in [-0.05, 0) is 13.0 Å². The summed E-state index contributed by atoms with van der Waals surface area (Å²) in [7, 11) is 0. The predicted molar refractivity (Wildman–Crippen MR) is 80.8 cm³/mol. The maximum absolute atomic E-state index is 13.8. The maximum atomic E-state index is 13.8. The van der Waals surface area contributed by atoms with Crippen LogP contribution in [0.25, 0.3) is 0 Å². The van der Waals surface area contributed by atoms with Crippen molar-refractivity contribution in [1.82, 2.24) is 10.6 Å². The molecule has 26 heavy (non-hydrogen) atoms. The lowest BCUT2D eigenvalue weighted by molar-refractivity contribution is -0.384. The first-order chi connectivity index (χ1) is 11.9. The van der Waals surface area contributed by atoms with Crippen molar-refractivity contribution in [3.63, 3.8) is 0 Å². The number of halogens is 3. The second kappa shape index (κ2) is 6.24. The number of nitro benzene ring substituents is 1. The van der Waals surface area contributed by atoms with Crippen LogP contribution in [0.3, 0.4) is 0 Å². The summed E-state index contributed by atoms with van der Waals surface area (Å²) in [5, 5.41) is 14.1. The standard InChI is InChI=1S/C15H12F3N3O5/c1-7-11(8(2)22)14(13(24)19-7,15(16,17)18)20-12(23)9-4-3-5-10(6-9)21(25)26/h3-6,11H,1H2,2H3,(H,19,24)(H,20,23)/t11-,14+/m1/s1. The van der Waals surface area contributed by atoms with E-state index in [1.165, 1.54) is 0 Å². The smallest absolute Gasteiger partial charge is 0.329 e. The van der Waals surface area contributed by atoms with Crippen molar-refractivity contribution in [3.8, 4) is 0 Å². The molecule has 2 rings (SSSR count). The lowest BCUT2D eigenvalue weighted by Crippen LogP contribution is -2.67. The van der Waals surface area contributed by atoms with Gasteiger partial charge in [0.15, 0.2) is 0 Å². The van der Waals surface area contributed by atoms with Crippen LogP contribution in [-0.2, 0) is 9.59 Å². The molecule has 2 N–H and O–H groups in total. The monoisotopic (exact) mass is 371 g/mol. The maximum Gasteiger partial charge on any atom is 0.421 e. The molecule has 0 aromatic heterocycles. The van der Waals surface area contributed by atoms with Crippen LogP contribution in [-0.4, -0.2) is 34.2 Å². The van der Waals surface area contributed by atoms with E-state index < -0.39 is 57.1 Å². The van der Waals surface area contributed by atoms with E-state index in [0.717, 1.165) is 31.2 Å². The van der Waals surface area contributed by atoms with Crippen molar-refractivity contribution in [2.45, 2.75) is 18.6 Å². The van der Waals surface area contributed by atoms with Crippen molar-refractivity contribution >= 4 is 23.3 Å². The molecule has 0 aliphatic carbocycles. The molecule has 1 aromatic carbocycles. The van der Waals surface area contributed by atoms with E-state index in [9.17, 15) is 37.7 Å². The van der Waals surface area contributed by atoms with Gasteiger partial charge in [0.2, 0.25) is 5.54 Å². The Morgan fingerprint density at radius 1 is 1.38 bits per heavy atom. The molecule has 2 amide bonds. The largest absolute Gasteiger partial charge is 0.421 e.